The molecule has 206 valence electrons. The highest BCUT2D eigenvalue weighted by molar-refractivity contribution is 5.96. The summed E-state index contributed by atoms with van der Waals surface area (Å²) in [6.45, 7) is 3.83. The molecule has 1 aromatic heterocycles. The molecule has 37 heavy (non-hydrogen) atoms. The van der Waals surface area contributed by atoms with Crippen molar-refractivity contribution in [3.8, 4) is 0 Å². The van der Waals surface area contributed by atoms with Crippen molar-refractivity contribution in [2.24, 2.45) is 16.7 Å². The standard InChI is InChI=1S/C9H9F4N.C8H12N6O.C5H10O3/c1-14-5-6-2-3-8(10)7(4-6)9(11,12)13;1-5-11-6(4-15)3-7(12-5)8(9)13-14(2)10;6-3-5-4-7-1-2-8-5/h2-4,14H,5H2,1H3;3-4H,10H2,1-2H3,(H2,9,13);5-6H,1-4H2/t;;5-/m..1/s1. The summed E-state index contributed by atoms with van der Waals surface area (Å²) >= 11 is 0. The molecule has 1 fully saturated rings. The van der Waals surface area contributed by atoms with Gasteiger partial charge in [0.05, 0.1) is 32.0 Å². The summed E-state index contributed by atoms with van der Waals surface area (Å²) in [6, 6.07) is 4.41. The van der Waals surface area contributed by atoms with Gasteiger partial charge in [0.15, 0.2) is 12.1 Å². The number of hydrogen-bond donors (Lipinski definition) is 4. The number of hydrogen-bond acceptors (Lipinski definition) is 10. The molecule has 3 rings (SSSR count). The second-order valence-corrected chi connectivity index (χ2v) is 7.49. The molecule has 0 bridgehead atoms. The molecule has 15 heteroatoms. The van der Waals surface area contributed by atoms with Crippen LogP contribution in [0, 0.1) is 12.7 Å². The van der Waals surface area contributed by atoms with E-state index in [-0.39, 0.29) is 30.8 Å². The first-order chi connectivity index (χ1) is 17.4. The van der Waals surface area contributed by atoms with Crippen molar-refractivity contribution >= 4 is 12.1 Å². The van der Waals surface area contributed by atoms with Gasteiger partial charge in [0.25, 0.3) is 0 Å². The smallest absolute Gasteiger partial charge is 0.394 e. The number of hydrazone groups is 1. The maximum Gasteiger partial charge on any atom is 0.419 e. The summed E-state index contributed by atoms with van der Waals surface area (Å²) in [4.78, 5) is 18.5. The van der Waals surface area contributed by atoms with Gasteiger partial charge in [0.1, 0.15) is 29.1 Å². The third-order valence-electron chi connectivity index (χ3n) is 4.31. The number of rotatable bonds is 6. The highest BCUT2D eigenvalue weighted by Gasteiger charge is 2.34. The van der Waals surface area contributed by atoms with Gasteiger partial charge < -0.3 is 25.6 Å². The Morgan fingerprint density at radius 2 is 2.03 bits per heavy atom. The van der Waals surface area contributed by atoms with Crippen LogP contribution in [0.15, 0.2) is 29.4 Å². The van der Waals surface area contributed by atoms with Crippen molar-refractivity contribution in [1.82, 2.24) is 20.4 Å². The lowest BCUT2D eigenvalue weighted by atomic mass is 10.1. The highest BCUT2D eigenvalue weighted by atomic mass is 19.4. The zero-order valence-electron chi connectivity index (χ0n) is 20.6. The summed E-state index contributed by atoms with van der Waals surface area (Å²) in [5, 5.41) is 16.0. The lowest BCUT2D eigenvalue weighted by Crippen LogP contribution is -2.31. The molecule has 2 aromatic rings. The Morgan fingerprint density at radius 1 is 1.32 bits per heavy atom. The molecular weight excluding hydrogens is 502 g/mol. The minimum Gasteiger partial charge on any atom is -0.394 e. The number of nitrogens with two attached hydrogens (primary N) is 2. The zero-order chi connectivity index (χ0) is 28.0. The number of aliphatic hydroxyl groups is 1. The zero-order valence-corrected chi connectivity index (χ0v) is 20.6. The van der Waals surface area contributed by atoms with E-state index in [4.69, 9.17) is 26.2 Å². The molecule has 0 spiro atoms. The van der Waals surface area contributed by atoms with Crippen molar-refractivity contribution in [1.29, 1.82) is 0 Å². The molecule has 0 amide bonds. The lowest BCUT2D eigenvalue weighted by molar-refractivity contribution is -0.140. The molecule has 6 N–H and O–H groups in total. The summed E-state index contributed by atoms with van der Waals surface area (Å²) < 4.78 is 59.4. The number of aliphatic hydroxyl groups excluding tert-OH is 1. The minimum atomic E-state index is -4.63. The Labute approximate surface area is 211 Å². The van der Waals surface area contributed by atoms with Crippen molar-refractivity contribution in [3.63, 3.8) is 0 Å². The maximum absolute atomic E-state index is 12.8. The molecule has 1 aliphatic heterocycles. The Hall–Kier alpha value is -3.24. The second kappa shape index (κ2) is 15.8. The number of halogens is 4. The van der Waals surface area contributed by atoms with Crippen molar-refractivity contribution < 1.29 is 36.9 Å². The van der Waals surface area contributed by atoms with Crippen LogP contribution in [0.5, 0.6) is 0 Å². The van der Waals surface area contributed by atoms with Gasteiger partial charge in [0, 0.05) is 13.6 Å². The minimum absolute atomic E-state index is 0.0694. The van der Waals surface area contributed by atoms with Crippen LogP contribution >= 0.6 is 0 Å². The fourth-order valence-electron chi connectivity index (χ4n) is 2.75. The van der Waals surface area contributed by atoms with E-state index in [1.807, 2.05) is 0 Å². The van der Waals surface area contributed by atoms with Gasteiger partial charge in [-0.3, -0.25) is 4.79 Å². The predicted octanol–water partition coefficient (Wildman–Crippen LogP) is 0.981. The first kappa shape index (κ1) is 31.8. The number of ether oxygens (including phenoxy) is 2. The second-order valence-electron chi connectivity index (χ2n) is 7.49. The van der Waals surface area contributed by atoms with E-state index in [9.17, 15) is 22.4 Å². The van der Waals surface area contributed by atoms with E-state index in [0.29, 0.717) is 43.2 Å². The first-order valence-electron chi connectivity index (χ1n) is 10.8. The van der Waals surface area contributed by atoms with Crippen LogP contribution in [0.1, 0.15) is 33.1 Å². The SMILES string of the molecule is CNCc1ccc(F)c(C(F)(F)F)c1.Cc1nc(C=O)cc(/C(N)=N/N(C)N)n1.OC[C@@H]1COCCO1. The number of benzene rings is 1. The van der Waals surface area contributed by atoms with Gasteiger partial charge in [-0.2, -0.15) is 13.2 Å². The molecule has 1 atom stereocenters. The monoisotopic (exact) mass is 533 g/mol. The van der Waals surface area contributed by atoms with Crippen LogP contribution in [0.2, 0.25) is 0 Å². The number of hydrazine groups is 1. The number of aldehydes is 1. The molecule has 11 nitrogen and oxygen atoms in total. The van der Waals surface area contributed by atoms with Crippen LogP contribution in [0.3, 0.4) is 0 Å². The average molecular weight is 534 g/mol. The van der Waals surface area contributed by atoms with Crippen LogP contribution in [-0.4, -0.2) is 78.9 Å². The number of carbonyl (C=O) groups is 1. The van der Waals surface area contributed by atoms with Crippen molar-refractivity contribution in [3.05, 3.63) is 58.4 Å². The Bertz CT molecular complexity index is 1020. The maximum atomic E-state index is 12.8. The van der Waals surface area contributed by atoms with Crippen LogP contribution in [0.4, 0.5) is 17.6 Å². The molecule has 1 aliphatic rings. The quantitative estimate of drug-likeness (QED) is 0.105. The fraction of sp³-hybridized carbons (Fsp3) is 0.455. The predicted molar refractivity (Wildman–Crippen MR) is 127 cm³/mol. The van der Waals surface area contributed by atoms with Gasteiger partial charge in [-0.05, 0) is 37.7 Å². The number of carbonyl (C=O) groups excluding carboxylic acids is 1. The highest BCUT2D eigenvalue weighted by Crippen LogP contribution is 2.31. The van der Waals surface area contributed by atoms with Gasteiger partial charge in [0.2, 0.25) is 0 Å². The molecular formula is C22H31F4N7O4. The van der Waals surface area contributed by atoms with Gasteiger partial charge in [-0.15, -0.1) is 5.10 Å². The van der Waals surface area contributed by atoms with Gasteiger partial charge in [-0.25, -0.2) is 25.3 Å². The Morgan fingerprint density at radius 3 is 2.51 bits per heavy atom. The van der Waals surface area contributed by atoms with Crippen LogP contribution < -0.4 is 16.9 Å². The van der Waals surface area contributed by atoms with Crippen LogP contribution in [-0.2, 0) is 22.2 Å². The van der Waals surface area contributed by atoms with Crippen LogP contribution in [0.25, 0.3) is 0 Å². The molecule has 0 saturated carbocycles. The van der Waals surface area contributed by atoms with E-state index >= 15 is 0 Å². The van der Waals surface area contributed by atoms with E-state index in [1.54, 1.807) is 14.0 Å². The van der Waals surface area contributed by atoms with E-state index in [1.165, 1.54) is 19.2 Å². The number of amidine groups is 1. The topological polar surface area (TPSA) is 161 Å². The lowest BCUT2D eigenvalue weighted by Gasteiger charge is -2.20. The van der Waals surface area contributed by atoms with E-state index in [2.05, 4.69) is 20.4 Å². The molecule has 1 saturated heterocycles. The number of aryl methyl sites for hydroxylation is 1. The summed E-state index contributed by atoms with van der Waals surface area (Å²) in [5.41, 5.74) is 5.43. The normalized spacial score (nSPS) is 15.6. The molecule has 0 unspecified atom stereocenters. The molecule has 0 aliphatic carbocycles. The summed E-state index contributed by atoms with van der Waals surface area (Å²) in [5.74, 6) is 4.64. The molecule has 2 heterocycles. The Balaban J connectivity index is 0.000000290. The number of aromatic nitrogens is 2. The van der Waals surface area contributed by atoms with Gasteiger partial charge in [-0.1, -0.05) is 6.07 Å². The first-order valence-corrected chi connectivity index (χ1v) is 10.8. The number of nitrogens with one attached hydrogen (secondary N) is 1. The van der Waals surface area contributed by atoms with Crippen molar-refractivity contribution in [2.45, 2.75) is 25.7 Å². The Kier molecular flexibility index (Phi) is 13.6. The largest absolute Gasteiger partial charge is 0.419 e. The van der Waals surface area contributed by atoms with E-state index in [0.717, 1.165) is 17.3 Å². The fourth-order valence-corrected chi connectivity index (χ4v) is 2.75. The average Bonchev–Trinajstić information content (AvgIpc) is 2.85. The third-order valence-corrected chi connectivity index (χ3v) is 4.31. The van der Waals surface area contributed by atoms with E-state index < -0.39 is 17.6 Å². The number of alkyl halides is 3. The summed E-state index contributed by atoms with van der Waals surface area (Å²) in [7, 11) is 3.14. The van der Waals surface area contributed by atoms with Crippen molar-refractivity contribution in [2.75, 3.05) is 40.5 Å². The summed E-state index contributed by atoms with van der Waals surface area (Å²) in [6.07, 6.45) is -4.09. The molecule has 0 radical (unpaired) electrons. The molecule has 1 aromatic carbocycles. The van der Waals surface area contributed by atoms with Gasteiger partial charge >= 0.3 is 6.18 Å². The third kappa shape index (κ3) is 12.0. The number of nitrogens with zero attached hydrogens (tertiary/aromatic N) is 4.